The molecule has 1 rings (SSSR count). The van der Waals surface area contributed by atoms with Crippen LogP contribution in [0.1, 0.15) is 38.5 Å². The van der Waals surface area contributed by atoms with Crippen LogP contribution in [0.2, 0.25) is 0 Å². The van der Waals surface area contributed by atoms with E-state index in [1.807, 2.05) is 12.2 Å². The maximum absolute atomic E-state index is 3.80. The molecular formula is C18H27P. The molecule has 104 valence electrons. The lowest BCUT2D eigenvalue weighted by atomic mass is 10.2. The van der Waals surface area contributed by atoms with Crippen LogP contribution >= 0.6 is 7.92 Å². The molecule has 0 saturated carbocycles. The molecule has 1 heteroatoms. The van der Waals surface area contributed by atoms with E-state index < -0.39 is 0 Å². The fourth-order valence-electron chi connectivity index (χ4n) is 2.19. The zero-order chi connectivity index (χ0) is 13.8. The predicted molar refractivity (Wildman–Crippen MR) is 90.8 cm³/mol. The Balaban J connectivity index is 2.43. The van der Waals surface area contributed by atoms with Gasteiger partial charge in [-0.1, -0.05) is 50.4 Å². The smallest absolute Gasteiger partial charge is 0.0240 e. The first-order valence-corrected chi connectivity index (χ1v) is 9.11. The van der Waals surface area contributed by atoms with E-state index in [-0.39, 0.29) is 7.92 Å². The normalized spacial score (nSPS) is 10.6. The van der Waals surface area contributed by atoms with Crippen molar-refractivity contribution in [2.75, 3.05) is 12.3 Å². The van der Waals surface area contributed by atoms with Crippen LogP contribution in [0, 0.1) is 0 Å². The van der Waals surface area contributed by atoms with Crippen LogP contribution in [-0.4, -0.2) is 12.3 Å². The van der Waals surface area contributed by atoms with Crippen LogP contribution in [0.5, 0.6) is 0 Å². The molecule has 19 heavy (non-hydrogen) atoms. The Morgan fingerprint density at radius 1 is 0.789 bits per heavy atom. The first-order chi connectivity index (χ1) is 9.38. The molecule has 0 spiro atoms. The van der Waals surface area contributed by atoms with Crippen LogP contribution in [-0.2, 0) is 0 Å². The largest absolute Gasteiger partial charge is 0.103 e. The summed E-state index contributed by atoms with van der Waals surface area (Å²) in [5.74, 6) is 0. The van der Waals surface area contributed by atoms with Gasteiger partial charge in [-0.3, -0.25) is 0 Å². The van der Waals surface area contributed by atoms with E-state index in [9.17, 15) is 0 Å². The van der Waals surface area contributed by atoms with Gasteiger partial charge in [-0.25, -0.2) is 0 Å². The molecule has 0 heterocycles. The molecule has 0 aliphatic carbocycles. The Kier molecular flexibility index (Phi) is 9.37. The molecule has 0 saturated heterocycles. The topological polar surface area (TPSA) is 0 Å². The van der Waals surface area contributed by atoms with Crippen LogP contribution < -0.4 is 5.30 Å². The summed E-state index contributed by atoms with van der Waals surface area (Å²) < 4.78 is 0. The van der Waals surface area contributed by atoms with Crippen molar-refractivity contribution in [2.24, 2.45) is 0 Å². The van der Waals surface area contributed by atoms with Gasteiger partial charge < -0.3 is 0 Å². The summed E-state index contributed by atoms with van der Waals surface area (Å²) in [7, 11) is 0.0424. The van der Waals surface area contributed by atoms with Crippen LogP contribution in [0.4, 0.5) is 0 Å². The van der Waals surface area contributed by atoms with Gasteiger partial charge in [-0.05, 0) is 56.2 Å². The van der Waals surface area contributed by atoms with Gasteiger partial charge in [-0.2, -0.15) is 0 Å². The van der Waals surface area contributed by atoms with Crippen molar-refractivity contribution in [3.63, 3.8) is 0 Å². The molecule has 0 radical (unpaired) electrons. The van der Waals surface area contributed by atoms with E-state index in [1.165, 1.54) is 38.0 Å². The highest BCUT2D eigenvalue weighted by atomic mass is 31.1. The van der Waals surface area contributed by atoms with Gasteiger partial charge in [0.15, 0.2) is 0 Å². The number of hydrogen-bond acceptors (Lipinski definition) is 0. The van der Waals surface area contributed by atoms with Gasteiger partial charge in [-0.15, -0.1) is 13.2 Å². The second kappa shape index (κ2) is 11.0. The van der Waals surface area contributed by atoms with E-state index in [2.05, 4.69) is 43.5 Å². The third-order valence-corrected chi connectivity index (χ3v) is 6.03. The zero-order valence-corrected chi connectivity index (χ0v) is 13.0. The van der Waals surface area contributed by atoms with E-state index in [4.69, 9.17) is 0 Å². The number of unbranched alkanes of at least 4 members (excludes halogenated alkanes) is 4. The lowest BCUT2D eigenvalue weighted by Crippen LogP contribution is -2.06. The molecule has 1 aromatic rings. The molecule has 1 aromatic carbocycles. The number of hydrogen-bond donors (Lipinski definition) is 0. The summed E-state index contributed by atoms with van der Waals surface area (Å²) >= 11 is 0. The molecule has 0 aliphatic heterocycles. The maximum Gasteiger partial charge on any atom is -0.0240 e. The summed E-state index contributed by atoms with van der Waals surface area (Å²) in [4.78, 5) is 0. The van der Waals surface area contributed by atoms with Crippen molar-refractivity contribution in [3.05, 3.63) is 55.6 Å². The van der Waals surface area contributed by atoms with Crippen molar-refractivity contribution in [1.82, 2.24) is 0 Å². The molecule has 0 fully saturated rings. The third-order valence-electron chi connectivity index (χ3n) is 3.29. The Morgan fingerprint density at radius 3 is 1.79 bits per heavy atom. The van der Waals surface area contributed by atoms with Gasteiger partial charge in [0.1, 0.15) is 0 Å². The molecule has 0 amide bonds. The first-order valence-electron chi connectivity index (χ1n) is 7.40. The van der Waals surface area contributed by atoms with Crippen molar-refractivity contribution in [1.29, 1.82) is 0 Å². The molecule has 0 nitrogen and oxygen atoms in total. The fraction of sp³-hybridized carbons (Fsp3) is 0.444. The Labute approximate surface area is 120 Å². The number of rotatable bonds is 11. The Morgan fingerprint density at radius 2 is 1.32 bits per heavy atom. The van der Waals surface area contributed by atoms with Crippen molar-refractivity contribution in [3.8, 4) is 0 Å². The minimum Gasteiger partial charge on any atom is -0.103 e. The first kappa shape index (κ1) is 16.2. The average molecular weight is 274 g/mol. The summed E-state index contributed by atoms with van der Waals surface area (Å²) in [6, 6.07) is 11.1. The van der Waals surface area contributed by atoms with Crippen LogP contribution in [0.25, 0.3) is 0 Å². The van der Waals surface area contributed by atoms with E-state index in [0.29, 0.717) is 0 Å². The highest BCUT2D eigenvalue weighted by Gasteiger charge is 2.09. The third kappa shape index (κ3) is 7.33. The monoisotopic (exact) mass is 274 g/mol. The molecule has 0 aliphatic rings. The SMILES string of the molecule is C=CCCCCP(CCCCC=C)c1ccccc1. The summed E-state index contributed by atoms with van der Waals surface area (Å²) in [6.45, 7) is 7.60. The second-order valence-corrected chi connectivity index (χ2v) is 7.38. The fourth-order valence-corrected chi connectivity index (χ4v) is 4.74. The van der Waals surface area contributed by atoms with E-state index in [1.54, 1.807) is 5.30 Å². The Hall–Kier alpha value is -0.870. The van der Waals surface area contributed by atoms with E-state index in [0.717, 1.165) is 12.8 Å². The van der Waals surface area contributed by atoms with E-state index >= 15 is 0 Å². The van der Waals surface area contributed by atoms with Gasteiger partial charge in [0, 0.05) is 0 Å². The zero-order valence-electron chi connectivity index (χ0n) is 12.1. The molecule has 0 bridgehead atoms. The standard InChI is InChI=1S/C18H27P/c1-3-5-7-12-16-19(17-13-8-6-4-2)18-14-10-9-11-15-18/h3-4,9-11,14-15H,1-2,5-8,12-13,16-17H2. The molecule has 0 N–H and O–H groups in total. The van der Waals surface area contributed by atoms with Crippen molar-refractivity contribution < 1.29 is 0 Å². The van der Waals surface area contributed by atoms with Gasteiger partial charge >= 0.3 is 0 Å². The van der Waals surface area contributed by atoms with Crippen molar-refractivity contribution >= 4 is 13.2 Å². The van der Waals surface area contributed by atoms with Gasteiger partial charge in [0.2, 0.25) is 0 Å². The lowest BCUT2D eigenvalue weighted by molar-refractivity contribution is 0.805. The van der Waals surface area contributed by atoms with Gasteiger partial charge in [0.25, 0.3) is 0 Å². The summed E-state index contributed by atoms with van der Waals surface area (Å²) in [6.07, 6.45) is 14.4. The molecule has 0 unspecified atom stereocenters. The average Bonchev–Trinajstić information content (AvgIpc) is 2.46. The van der Waals surface area contributed by atoms with Crippen molar-refractivity contribution in [2.45, 2.75) is 38.5 Å². The highest BCUT2D eigenvalue weighted by Crippen LogP contribution is 2.37. The minimum absolute atomic E-state index is 0.0424. The lowest BCUT2D eigenvalue weighted by Gasteiger charge is -2.18. The van der Waals surface area contributed by atoms with Crippen LogP contribution in [0.3, 0.4) is 0 Å². The number of benzene rings is 1. The molecule has 0 atom stereocenters. The summed E-state index contributed by atoms with van der Waals surface area (Å²) in [5, 5.41) is 1.58. The molecular weight excluding hydrogens is 247 g/mol. The molecule has 0 aromatic heterocycles. The maximum atomic E-state index is 3.80. The highest BCUT2D eigenvalue weighted by molar-refractivity contribution is 7.65. The van der Waals surface area contributed by atoms with Gasteiger partial charge in [0.05, 0.1) is 0 Å². The second-order valence-electron chi connectivity index (χ2n) is 4.89. The number of allylic oxidation sites excluding steroid dienone is 2. The van der Waals surface area contributed by atoms with Crippen LogP contribution in [0.15, 0.2) is 55.6 Å². The predicted octanol–water partition coefficient (Wildman–Crippen LogP) is 5.51. The quantitative estimate of drug-likeness (QED) is 0.284. The Bertz CT molecular complexity index is 326. The summed E-state index contributed by atoms with van der Waals surface area (Å²) in [5.41, 5.74) is 0. The minimum atomic E-state index is 0.0424.